The van der Waals surface area contributed by atoms with Gasteiger partial charge in [0.1, 0.15) is 5.82 Å². The van der Waals surface area contributed by atoms with Crippen molar-refractivity contribution in [3.05, 3.63) is 35.0 Å². The Labute approximate surface area is 122 Å². The summed E-state index contributed by atoms with van der Waals surface area (Å²) in [5.74, 6) is -0.626. The van der Waals surface area contributed by atoms with E-state index in [1.807, 2.05) is 0 Å². The smallest absolute Gasteiger partial charge is 0.600 e. The highest BCUT2D eigenvalue weighted by molar-refractivity contribution is 7.38. The van der Waals surface area contributed by atoms with E-state index in [0.717, 1.165) is 6.07 Å². The van der Waals surface area contributed by atoms with E-state index in [0.29, 0.717) is 10.3 Å². The van der Waals surface area contributed by atoms with Crippen LogP contribution in [0.25, 0.3) is 10.1 Å². The summed E-state index contributed by atoms with van der Waals surface area (Å²) in [4.78, 5) is 0.315. The molecule has 0 amide bonds. The topological polar surface area (TPSA) is 0 Å². The number of alkyl halides is 3. The zero-order valence-electron chi connectivity index (χ0n) is 10.6. The van der Waals surface area contributed by atoms with E-state index in [1.54, 1.807) is 26.8 Å². The Hall–Kier alpha value is -0.620. The van der Waals surface area contributed by atoms with Crippen molar-refractivity contribution in [3.63, 3.8) is 0 Å². The molecule has 1 aromatic heterocycles. The number of benzene rings is 1. The van der Waals surface area contributed by atoms with Crippen molar-refractivity contribution < 1.29 is 34.5 Å². The molecule has 0 fully saturated rings. The summed E-state index contributed by atoms with van der Waals surface area (Å²) in [5.41, 5.74) is -4.95. The number of hydrogen-bond acceptors (Lipinski definition) is 0. The molecule has 0 spiro atoms. The molecule has 0 saturated heterocycles. The van der Waals surface area contributed by atoms with Crippen molar-refractivity contribution in [1.82, 2.24) is 0 Å². The lowest BCUT2D eigenvalue weighted by Gasteiger charge is -2.13. The van der Waals surface area contributed by atoms with Gasteiger partial charge < -0.3 is 17.0 Å². The maximum atomic E-state index is 13.2. The maximum absolute atomic E-state index is 13.2. The highest BCUT2D eigenvalue weighted by Gasteiger charge is 2.50. The van der Waals surface area contributed by atoms with E-state index in [1.165, 1.54) is 12.1 Å². The molecule has 0 bridgehead atoms. The van der Waals surface area contributed by atoms with Crippen LogP contribution in [0.1, 0.15) is 25.6 Å². The van der Waals surface area contributed by atoms with Gasteiger partial charge >= 0.3 is 5.51 Å². The Morgan fingerprint density at radius 2 is 1.58 bits per heavy atom. The van der Waals surface area contributed by atoms with Crippen molar-refractivity contribution in [2.24, 2.45) is 0 Å². The van der Waals surface area contributed by atoms with Crippen LogP contribution < -0.4 is 17.0 Å². The molecule has 0 aliphatic carbocycles. The molecular formula is C13H13BrF4S. The third-order valence-electron chi connectivity index (χ3n) is 2.67. The van der Waals surface area contributed by atoms with E-state index >= 15 is 0 Å². The van der Waals surface area contributed by atoms with Crippen molar-refractivity contribution in [2.75, 3.05) is 0 Å². The van der Waals surface area contributed by atoms with Gasteiger partial charge in [0.15, 0.2) is 9.58 Å². The fourth-order valence-electron chi connectivity index (χ4n) is 1.89. The third kappa shape index (κ3) is 3.11. The fraction of sp³-hybridized carbons (Fsp3) is 0.385. The molecule has 0 N–H and O–H groups in total. The second kappa shape index (κ2) is 5.05. The van der Waals surface area contributed by atoms with Gasteiger partial charge in [-0.15, -0.1) is 13.2 Å². The largest absolute Gasteiger partial charge is 1.00 e. The van der Waals surface area contributed by atoms with Gasteiger partial charge in [0, 0.05) is 22.9 Å². The minimum absolute atomic E-state index is 0. The Morgan fingerprint density at radius 3 is 2.05 bits per heavy atom. The molecule has 1 atom stereocenters. The van der Waals surface area contributed by atoms with Gasteiger partial charge in [0.2, 0.25) is 0 Å². The average molecular weight is 357 g/mol. The molecule has 0 aliphatic rings. The molecule has 2 aromatic rings. The Kier molecular flexibility index (Phi) is 4.37. The second-order valence-electron chi connectivity index (χ2n) is 5.19. The van der Waals surface area contributed by atoms with Crippen LogP contribution in [0.3, 0.4) is 0 Å². The summed E-state index contributed by atoms with van der Waals surface area (Å²) in [7, 11) is -2.02. The summed E-state index contributed by atoms with van der Waals surface area (Å²) in [6.07, 6.45) is 0. The van der Waals surface area contributed by atoms with Gasteiger partial charge in [-0.1, -0.05) is 20.8 Å². The Bertz CT molecular complexity index is 593. The standard InChI is InChI=1S/C13H13F4S.BrH/c1-12(2,3)11-6-8-4-5-9(14)7-10(8)18(11)13(15,16)17;/h4-7H,1-3H3;1H/q+1;/p-1. The highest BCUT2D eigenvalue weighted by Crippen LogP contribution is 2.54. The molecule has 0 saturated carbocycles. The van der Waals surface area contributed by atoms with Crippen molar-refractivity contribution >= 4 is 20.6 Å². The molecular weight excluding hydrogens is 344 g/mol. The summed E-state index contributed by atoms with van der Waals surface area (Å²) >= 11 is 0. The predicted octanol–water partition coefficient (Wildman–Crippen LogP) is 2.51. The van der Waals surface area contributed by atoms with E-state index in [2.05, 4.69) is 0 Å². The van der Waals surface area contributed by atoms with Crippen molar-refractivity contribution in [2.45, 2.75) is 31.7 Å². The minimum atomic E-state index is -4.36. The first kappa shape index (κ1) is 16.4. The molecule has 1 aromatic carbocycles. The Balaban J connectivity index is 0.00000180. The number of thiophene rings is 1. The first-order chi connectivity index (χ1) is 8.10. The lowest BCUT2D eigenvalue weighted by Crippen LogP contribution is -3.00. The second-order valence-corrected chi connectivity index (χ2v) is 7.15. The van der Waals surface area contributed by atoms with Crippen LogP contribution in [0.15, 0.2) is 24.3 Å². The van der Waals surface area contributed by atoms with Gasteiger partial charge in [-0.3, -0.25) is 0 Å². The summed E-state index contributed by atoms with van der Waals surface area (Å²) in [6, 6.07) is 5.15. The van der Waals surface area contributed by atoms with Crippen molar-refractivity contribution in [3.8, 4) is 0 Å². The lowest BCUT2D eigenvalue weighted by atomic mass is 9.94. The van der Waals surface area contributed by atoms with E-state index < -0.39 is 27.2 Å². The number of hydrogen-bond donors (Lipinski definition) is 0. The zero-order chi connectivity index (χ0) is 13.7. The molecule has 1 heterocycles. The molecule has 19 heavy (non-hydrogen) atoms. The van der Waals surface area contributed by atoms with E-state index in [4.69, 9.17) is 0 Å². The lowest BCUT2D eigenvalue weighted by molar-refractivity contribution is -0.0869. The normalized spacial score (nSPS) is 13.5. The van der Waals surface area contributed by atoms with Gasteiger partial charge in [-0.25, -0.2) is 4.39 Å². The average Bonchev–Trinajstić information content (AvgIpc) is 2.54. The summed E-state index contributed by atoms with van der Waals surface area (Å²) < 4.78 is 52.8. The Morgan fingerprint density at radius 1 is 1.00 bits per heavy atom. The molecule has 0 nitrogen and oxygen atoms in total. The molecule has 0 aliphatic heterocycles. The first-order valence-corrected chi connectivity index (χ1v) is 6.66. The fourth-order valence-corrected chi connectivity index (χ4v) is 4.08. The minimum Gasteiger partial charge on any atom is -1.00 e. The predicted molar refractivity (Wildman–Crippen MR) is 66.4 cm³/mol. The van der Waals surface area contributed by atoms with Crippen LogP contribution in [0.4, 0.5) is 17.6 Å². The number of rotatable bonds is 0. The van der Waals surface area contributed by atoms with Crippen LogP contribution in [-0.4, -0.2) is 0 Å². The van der Waals surface area contributed by atoms with Crippen LogP contribution in [-0.2, 0) is 10.9 Å². The van der Waals surface area contributed by atoms with Gasteiger partial charge in [0.25, 0.3) is 0 Å². The van der Waals surface area contributed by atoms with Crippen LogP contribution in [0.2, 0.25) is 0 Å². The highest BCUT2D eigenvalue weighted by atomic mass is 79.9. The van der Waals surface area contributed by atoms with Crippen LogP contribution in [0.5, 0.6) is 0 Å². The molecule has 106 valence electrons. The third-order valence-corrected chi connectivity index (χ3v) is 5.10. The van der Waals surface area contributed by atoms with Gasteiger partial charge in [-0.05, 0) is 12.1 Å². The molecule has 2 rings (SSSR count). The number of fused-ring (bicyclic) bond motifs is 1. The zero-order valence-corrected chi connectivity index (χ0v) is 13.0. The molecule has 0 radical (unpaired) electrons. The van der Waals surface area contributed by atoms with Crippen LogP contribution in [0, 0.1) is 5.82 Å². The summed E-state index contributed by atoms with van der Waals surface area (Å²) in [5, 5.41) is 0.474. The summed E-state index contributed by atoms with van der Waals surface area (Å²) in [6.45, 7) is 5.23. The molecule has 1 unspecified atom stereocenters. The van der Waals surface area contributed by atoms with Gasteiger partial charge in [-0.2, -0.15) is 0 Å². The maximum Gasteiger partial charge on any atom is 0.600 e. The quantitative estimate of drug-likeness (QED) is 0.502. The van der Waals surface area contributed by atoms with E-state index in [-0.39, 0.29) is 21.7 Å². The van der Waals surface area contributed by atoms with Gasteiger partial charge in [0.05, 0.1) is 10.5 Å². The first-order valence-electron chi connectivity index (χ1n) is 5.43. The van der Waals surface area contributed by atoms with Crippen molar-refractivity contribution in [1.29, 1.82) is 0 Å². The van der Waals surface area contributed by atoms with Crippen LogP contribution >= 0.6 is 10.5 Å². The SMILES string of the molecule is CC(C)(C)c1cc2ccc(F)cc2[s+]1C(F)(F)F.[Br-]. The van der Waals surface area contributed by atoms with E-state index in [9.17, 15) is 17.6 Å². The number of halogens is 5. The molecule has 6 heteroatoms. The monoisotopic (exact) mass is 356 g/mol.